The molecule has 3 rings (SSSR count). The van der Waals surface area contributed by atoms with Gasteiger partial charge in [-0.15, -0.1) is 0 Å². The van der Waals surface area contributed by atoms with Crippen LogP contribution in [0.3, 0.4) is 0 Å². The third-order valence-electron chi connectivity index (χ3n) is 7.12. The third-order valence-corrected chi connectivity index (χ3v) is 8.62. The molecule has 0 aliphatic heterocycles. The molecule has 0 aliphatic carbocycles. The molecule has 0 aliphatic rings. The number of fused-ring (bicyclic) bond motifs is 2. The van der Waals surface area contributed by atoms with Crippen LogP contribution in [0.4, 0.5) is 0 Å². The van der Waals surface area contributed by atoms with Gasteiger partial charge in [0, 0.05) is 0 Å². The van der Waals surface area contributed by atoms with E-state index in [1.54, 1.807) is 16.0 Å². The van der Waals surface area contributed by atoms with Crippen molar-refractivity contribution >= 4 is 35.5 Å². The molecule has 3 aromatic carbocycles. The summed E-state index contributed by atoms with van der Waals surface area (Å²) in [5.74, 6) is 0. The molecule has 137 valence electrons. The van der Waals surface area contributed by atoms with Crippen molar-refractivity contribution in [2.24, 2.45) is 0 Å². The maximum Gasteiger partial charge on any atom is 0.0808 e. The van der Waals surface area contributed by atoms with Crippen molar-refractivity contribution in [3.05, 3.63) is 50.1 Å². The van der Waals surface area contributed by atoms with Crippen molar-refractivity contribution in [3.8, 4) is 0 Å². The van der Waals surface area contributed by atoms with E-state index in [0.29, 0.717) is 0 Å². The average molecular weight is 362 g/mol. The first kappa shape index (κ1) is 19.2. The topological polar surface area (TPSA) is 0 Å². The van der Waals surface area contributed by atoms with Gasteiger partial charge < -0.3 is 0 Å². The van der Waals surface area contributed by atoms with E-state index < -0.39 is 8.80 Å². The van der Waals surface area contributed by atoms with Crippen LogP contribution in [0.2, 0.25) is 13.1 Å². The fourth-order valence-electron chi connectivity index (χ4n) is 4.94. The molecule has 0 atom stereocenters. The SMILES string of the molecule is Cc1c(C)c(C)c2c([Si](C)C)c3c(C)c(C)c(C)c(C)c3c(C)c2c1C. The summed E-state index contributed by atoms with van der Waals surface area (Å²) in [5, 5.41) is 7.80. The van der Waals surface area contributed by atoms with E-state index in [0.717, 1.165) is 0 Å². The minimum atomic E-state index is -0.614. The van der Waals surface area contributed by atoms with Crippen LogP contribution in [0.25, 0.3) is 21.5 Å². The fourth-order valence-corrected chi connectivity index (χ4v) is 6.56. The minimum absolute atomic E-state index is 0.614. The van der Waals surface area contributed by atoms with Gasteiger partial charge in [-0.05, 0) is 139 Å². The van der Waals surface area contributed by atoms with Gasteiger partial charge in [-0.3, -0.25) is 0 Å². The van der Waals surface area contributed by atoms with Gasteiger partial charge in [0.25, 0.3) is 0 Å². The maximum atomic E-state index is 2.46. The maximum absolute atomic E-state index is 2.46. The molecule has 0 saturated carbocycles. The Hall–Kier alpha value is -1.60. The first-order valence-electron chi connectivity index (χ1n) is 9.75. The molecule has 0 N–H and O–H groups in total. The van der Waals surface area contributed by atoms with Crippen molar-refractivity contribution in [2.75, 3.05) is 0 Å². The molecule has 0 nitrogen and oxygen atoms in total. The lowest BCUT2D eigenvalue weighted by Crippen LogP contribution is -2.27. The molecule has 26 heavy (non-hydrogen) atoms. The Morgan fingerprint density at radius 1 is 0.346 bits per heavy atom. The standard InChI is InChI=1S/C25H33Si/c1-12-14(3)18(7)23-21(16(12)5)20(9)22-17(6)13(2)15(4)19(8)24(22)25(23)26(10)11/h1-11H3. The highest BCUT2D eigenvalue weighted by Gasteiger charge is 2.23. The van der Waals surface area contributed by atoms with E-state index in [-0.39, 0.29) is 0 Å². The first-order chi connectivity index (χ1) is 12.0. The first-order valence-corrected chi connectivity index (χ1v) is 12.2. The van der Waals surface area contributed by atoms with E-state index in [1.807, 2.05) is 0 Å². The van der Waals surface area contributed by atoms with Crippen molar-refractivity contribution in [3.63, 3.8) is 0 Å². The van der Waals surface area contributed by atoms with Gasteiger partial charge in [-0.1, -0.05) is 13.1 Å². The molecular weight excluding hydrogens is 328 g/mol. The Labute approximate surface area is 161 Å². The van der Waals surface area contributed by atoms with Crippen LogP contribution in [0.1, 0.15) is 50.1 Å². The van der Waals surface area contributed by atoms with E-state index in [9.17, 15) is 0 Å². The molecule has 1 radical (unpaired) electrons. The molecular formula is C25H33Si. The number of aryl methyl sites for hydroxylation is 5. The molecule has 3 aromatic rings. The van der Waals surface area contributed by atoms with Crippen molar-refractivity contribution in [1.82, 2.24) is 0 Å². The van der Waals surface area contributed by atoms with Crippen LogP contribution in [0.15, 0.2) is 0 Å². The molecule has 1 heteroatoms. The summed E-state index contributed by atoms with van der Waals surface area (Å²) in [5.41, 5.74) is 13.3. The van der Waals surface area contributed by atoms with E-state index >= 15 is 0 Å². The highest BCUT2D eigenvalue weighted by molar-refractivity contribution is 6.76. The summed E-state index contributed by atoms with van der Waals surface area (Å²) >= 11 is 0. The van der Waals surface area contributed by atoms with Crippen LogP contribution >= 0.6 is 0 Å². The van der Waals surface area contributed by atoms with Gasteiger partial charge in [0.05, 0.1) is 8.80 Å². The van der Waals surface area contributed by atoms with Gasteiger partial charge in [-0.2, -0.15) is 0 Å². The van der Waals surface area contributed by atoms with Crippen LogP contribution in [0, 0.1) is 62.3 Å². The van der Waals surface area contributed by atoms with Crippen LogP contribution in [-0.2, 0) is 0 Å². The highest BCUT2D eigenvalue weighted by atomic mass is 28.3. The summed E-state index contributed by atoms with van der Waals surface area (Å²) in [6.45, 7) is 25.8. The van der Waals surface area contributed by atoms with E-state index in [1.165, 1.54) is 60.8 Å². The second kappa shape index (κ2) is 6.23. The lowest BCUT2D eigenvalue weighted by Gasteiger charge is -2.26. The monoisotopic (exact) mass is 361 g/mol. The quantitative estimate of drug-likeness (QED) is 0.333. The summed E-state index contributed by atoms with van der Waals surface area (Å²) in [4.78, 5) is 0. The van der Waals surface area contributed by atoms with Crippen LogP contribution in [0.5, 0.6) is 0 Å². The minimum Gasteiger partial charge on any atom is -0.0670 e. The highest BCUT2D eigenvalue weighted by Crippen LogP contribution is 2.39. The predicted molar refractivity (Wildman–Crippen MR) is 121 cm³/mol. The zero-order chi connectivity index (χ0) is 19.7. The molecule has 0 unspecified atom stereocenters. The smallest absolute Gasteiger partial charge is 0.0670 e. The predicted octanol–water partition coefficient (Wildman–Crippen LogP) is 6.73. The summed E-state index contributed by atoms with van der Waals surface area (Å²) in [7, 11) is -0.614. The second-order valence-electron chi connectivity index (χ2n) is 8.50. The molecule has 0 bridgehead atoms. The lowest BCUT2D eigenvalue weighted by atomic mass is 9.83. The van der Waals surface area contributed by atoms with Crippen molar-refractivity contribution < 1.29 is 0 Å². The largest absolute Gasteiger partial charge is 0.0808 e. The zero-order valence-electron chi connectivity index (χ0n) is 18.5. The van der Waals surface area contributed by atoms with E-state index in [4.69, 9.17) is 0 Å². The molecule has 0 spiro atoms. The average Bonchev–Trinajstić information content (AvgIpc) is 2.59. The van der Waals surface area contributed by atoms with E-state index in [2.05, 4.69) is 75.4 Å². The Balaban J connectivity index is 2.87. The fraction of sp³-hybridized carbons (Fsp3) is 0.440. The van der Waals surface area contributed by atoms with Crippen LogP contribution in [-0.4, -0.2) is 8.80 Å². The number of benzene rings is 3. The number of hydrogen-bond donors (Lipinski definition) is 0. The van der Waals surface area contributed by atoms with Crippen LogP contribution < -0.4 is 5.19 Å². The van der Waals surface area contributed by atoms with Crippen molar-refractivity contribution in [1.29, 1.82) is 0 Å². The Kier molecular flexibility index (Phi) is 4.59. The Morgan fingerprint density at radius 3 is 0.885 bits per heavy atom. The Morgan fingerprint density at radius 2 is 0.615 bits per heavy atom. The summed E-state index contributed by atoms with van der Waals surface area (Å²) in [6.07, 6.45) is 0. The third kappa shape index (κ3) is 2.33. The van der Waals surface area contributed by atoms with Gasteiger partial charge in [-0.25, -0.2) is 0 Å². The zero-order valence-corrected chi connectivity index (χ0v) is 19.5. The summed E-state index contributed by atoms with van der Waals surface area (Å²) in [6, 6.07) is 0. The van der Waals surface area contributed by atoms with Gasteiger partial charge in [0.1, 0.15) is 0 Å². The molecule has 0 aromatic heterocycles. The lowest BCUT2D eigenvalue weighted by molar-refractivity contribution is 1.24. The summed E-state index contributed by atoms with van der Waals surface area (Å²) < 4.78 is 0. The molecule has 0 fully saturated rings. The molecule has 0 heterocycles. The van der Waals surface area contributed by atoms with Gasteiger partial charge in [0.15, 0.2) is 0 Å². The normalized spacial score (nSPS) is 12.0. The number of rotatable bonds is 1. The van der Waals surface area contributed by atoms with Gasteiger partial charge >= 0.3 is 0 Å². The van der Waals surface area contributed by atoms with Crippen molar-refractivity contribution in [2.45, 2.75) is 75.4 Å². The Bertz CT molecular complexity index is 1000. The molecule has 0 saturated heterocycles. The number of hydrogen-bond acceptors (Lipinski definition) is 0. The second-order valence-corrected chi connectivity index (χ2v) is 11.0. The van der Waals surface area contributed by atoms with Gasteiger partial charge in [0.2, 0.25) is 0 Å². The molecule has 0 amide bonds.